The van der Waals surface area contributed by atoms with E-state index < -0.39 is 0 Å². The fourth-order valence-electron chi connectivity index (χ4n) is 3.32. The molecule has 1 heterocycles. The van der Waals surface area contributed by atoms with E-state index in [1.807, 2.05) is 19.1 Å². The molecule has 0 bridgehead atoms. The van der Waals surface area contributed by atoms with Gasteiger partial charge in [0.1, 0.15) is 6.54 Å². The van der Waals surface area contributed by atoms with Crippen molar-refractivity contribution in [3.05, 3.63) is 29.3 Å². The van der Waals surface area contributed by atoms with Crippen LogP contribution in [-0.4, -0.2) is 67.0 Å². The highest BCUT2D eigenvalue weighted by Crippen LogP contribution is 2.22. The molecule has 1 fully saturated rings. The first kappa shape index (κ1) is 21.5. The average Bonchev–Trinajstić information content (AvgIpc) is 3.00. The van der Waals surface area contributed by atoms with Gasteiger partial charge in [0.05, 0.1) is 0 Å². The molecule has 3 amide bonds. The molecule has 2 rings (SSSR count). The van der Waals surface area contributed by atoms with Crippen molar-refractivity contribution in [1.82, 2.24) is 15.1 Å². The van der Waals surface area contributed by atoms with E-state index in [0.29, 0.717) is 18.1 Å². The molecule has 27 heavy (non-hydrogen) atoms. The van der Waals surface area contributed by atoms with Gasteiger partial charge < -0.3 is 15.1 Å². The second-order valence-corrected chi connectivity index (χ2v) is 7.41. The van der Waals surface area contributed by atoms with Crippen molar-refractivity contribution in [3.63, 3.8) is 0 Å². The average molecular weight is 395 g/mol. The summed E-state index contributed by atoms with van der Waals surface area (Å²) in [7, 11) is 0. The molecule has 0 spiro atoms. The number of anilines is 1. The molecule has 7 heteroatoms. The molecule has 6 nitrogen and oxygen atoms in total. The molecule has 1 N–H and O–H groups in total. The molecule has 150 valence electrons. The topological polar surface area (TPSA) is 55.9 Å². The van der Waals surface area contributed by atoms with Gasteiger partial charge in [0.15, 0.2) is 0 Å². The molecule has 1 atom stereocenters. The van der Waals surface area contributed by atoms with Crippen molar-refractivity contribution >= 4 is 29.2 Å². The summed E-state index contributed by atoms with van der Waals surface area (Å²) in [5.74, 6) is -0.100. The Morgan fingerprint density at radius 1 is 1.22 bits per heavy atom. The standard InChI is InChI=1S/C20H31ClN4O2/c1-4-23(5-2)12-6-7-16(3)22-19(26)15-24-13-14-25(20(24)27)18-10-8-17(21)9-11-18/h8-11,16H,4-7,12-15H2,1-3H3,(H,22,26). The van der Waals surface area contributed by atoms with Crippen molar-refractivity contribution in [2.75, 3.05) is 44.2 Å². The van der Waals surface area contributed by atoms with Crippen molar-refractivity contribution in [2.45, 2.75) is 39.7 Å². The van der Waals surface area contributed by atoms with Gasteiger partial charge in [-0.3, -0.25) is 9.69 Å². The molecule has 0 saturated carbocycles. The van der Waals surface area contributed by atoms with Crippen LogP contribution in [0.1, 0.15) is 33.6 Å². The van der Waals surface area contributed by atoms with Gasteiger partial charge in [-0.15, -0.1) is 0 Å². The predicted octanol–water partition coefficient (Wildman–Crippen LogP) is 3.21. The number of benzene rings is 1. The first-order valence-electron chi connectivity index (χ1n) is 9.78. The van der Waals surface area contributed by atoms with Crippen LogP contribution in [0.15, 0.2) is 24.3 Å². The molecule has 0 aliphatic carbocycles. The fourth-order valence-corrected chi connectivity index (χ4v) is 3.44. The molecular weight excluding hydrogens is 364 g/mol. The quantitative estimate of drug-likeness (QED) is 0.663. The lowest BCUT2D eigenvalue weighted by Gasteiger charge is -2.21. The summed E-state index contributed by atoms with van der Waals surface area (Å²) in [6.07, 6.45) is 1.99. The van der Waals surface area contributed by atoms with E-state index in [1.54, 1.807) is 21.9 Å². The highest BCUT2D eigenvalue weighted by Gasteiger charge is 2.30. The number of nitrogens with zero attached hydrogens (tertiary/aromatic N) is 3. The highest BCUT2D eigenvalue weighted by molar-refractivity contribution is 6.30. The second kappa shape index (κ2) is 10.5. The molecule has 1 aliphatic rings. The molecule has 0 aromatic heterocycles. The van der Waals surface area contributed by atoms with Gasteiger partial charge in [-0.25, -0.2) is 4.79 Å². The Bertz CT molecular complexity index is 619. The first-order chi connectivity index (χ1) is 12.9. The van der Waals surface area contributed by atoms with Gasteiger partial charge >= 0.3 is 6.03 Å². The maximum absolute atomic E-state index is 12.6. The summed E-state index contributed by atoms with van der Waals surface area (Å²) in [6.45, 7) is 10.7. The van der Waals surface area contributed by atoms with Gasteiger partial charge in [-0.1, -0.05) is 25.4 Å². The SMILES string of the molecule is CCN(CC)CCCC(C)NC(=O)CN1CCN(c2ccc(Cl)cc2)C1=O. The largest absolute Gasteiger partial charge is 0.352 e. The minimum absolute atomic E-state index is 0.100. The van der Waals surface area contributed by atoms with E-state index in [2.05, 4.69) is 24.1 Å². The summed E-state index contributed by atoms with van der Waals surface area (Å²) in [5, 5.41) is 3.65. The van der Waals surface area contributed by atoms with Crippen LogP contribution in [0.25, 0.3) is 0 Å². The maximum atomic E-state index is 12.6. The van der Waals surface area contributed by atoms with Gasteiger partial charge in [-0.2, -0.15) is 0 Å². The lowest BCUT2D eigenvalue weighted by Crippen LogP contribution is -2.43. The van der Waals surface area contributed by atoms with Crippen LogP contribution in [0, 0.1) is 0 Å². The summed E-state index contributed by atoms with van der Waals surface area (Å²) < 4.78 is 0. The lowest BCUT2D eigenvalue weighted by atomic mass is 10.1. The Morgan fingerprint density at radius 3 is 2.52 bits per heavy atom. The summed E-state index contributed by atoms with van der Waals surface area (Å²) in [4.78, 5) is 30.5. The number of rotatable bonds is 10. The third-order valence-corrected chi connectivity index (χ3v) is 5.23. The first-order valence-corrected chi connectivity index (χ1v) is 10.2. The summed E-state index contributed by atoms with van der Waals surface area (Å²) >= 11 is 5.90. The number of carbonyl (C=O) groups is 2. The van der Waals surface area contributed by atoms with Gasteiger partial charge in [0, 0.05) is 29.8 Å². The minimum atomic E-state index is -0.137. The Morgan fingerprint density at radius 2 is 1.89 bits per heavy atom. The second-order valence-electron chi connectivity index (χ2n) is 6.97. The van der Waals surface area contributed by atoms with E-state index in [-0.39, 0.29) is 24.5 Å². The van der Waals surface area contributed by atoms with E-state index >= 15 is 0 Å². The van der Waals surface area contributed by atoms with Crippen LogP contribution in [0.2, 0.25) is 5.02 Å². The Labute approximate surface area is 167 Å². The Hall–Kier alpha value is -1.79. The summed E-state index contributed by atoms with van der Waals surface area (Å²) in [6, 6.07) is 7.14. The fraction of sp³-hybridized carbons (Fsp3) is 0.600. The van der Waals surface area contributed by atoms with Crippen molar-refractivity contribution in [2.24, 2.45) is 0 Å². The smallest absolute Gasteiger partial charge is 0.325 e. The zero-order valence-electron chi connectivity index (χ0n) is 16.6. The number of hydrogen-bond acceptors (Lipinski definition) is 3. The Kier molecular flexibility index (Phi) is 8.38. The lowest BCUT2D eigenvalue weighted by molar-refractivity contribution is -0.122. The van der Waals surface area contributed by atoms with Gasteiger partial charge in [-0.05, 0) is 63.7 Å². The van der Waals surface area contributed by atoms with Crippen LogP contribution in [-0.2, 0) is 4.79 Å². The van der Waals surface area contributed by atoms with Crippen molar-refractivity contribution in [3.8, 4) is 0 Å². The van der Waals surface area contributed by atoms with Crippen molar-refractivity contribution in [1.29, 1.82) is 0 Å². The zero-order valence-corrected chi connectivity index (χ0v) is 17.3. The van der Waals surface area contributed by atoms with Gasteiger partial charge in [0.25, 0.3) is 0 Å². The maximum Gasteiger partial charge on any atom is 0.325 e. The third-order valence-electron chi connectivity index (χ3n) is 4.98. The van der Waals surface area contributed by atoms with E-state index in [1.165, 1.54) is 0 Å². The normalized spacial score (nSPS) is 15.5. The van der Waals surface area contributed by atoms with Crippen molar-refractivity contribution < 1.29 is 9.59 Å². The third kappa shape index (κ3) is 6.40. The number of amides is 3. The van der Waals surface area contributed by atoms with Gasteiger partial charge in [0.2, 0.25) is 5.91 Å². The molecule has 1 aromatic rings. The number of halogens is 1. The molecular formula is C20H31ClN4O2. The zero-order chi connectivity index (χ0) is 19.8. The number of hydrogen-bond donors (Lipinski definition) is 1. The predicted molar refractivity (Wildman–Crippen MR) is 110 cm³/mol. The molecule has 1 unspecified atom stereocenters. The number of carbonyl (C=O) groups excluding carboxylic acids is 2. The Balaban J connectivity index is 1.75. The number of nitrogens with one attached hydrogen (secondary N) is 1. The molecule has 1 saturated heterocycles. The van der Waals surface area contributed by atoms with E-state index in [9.17, 15) is 9.59 Å². The van der Waals surface area contributed by atoms with Crippen LogP contribution in [0.5, 0.6) is 0 Å². The van der Waals surface area contributed by atoms with Crippen LogP contribution >= 0.6 is 11.6 Å². The van der Waals surface area contributed by atoms with Crippen LogP contribution in [0.3, 0.4) is 0 Å². The number of urea groups is 1. The van der Waals surface area contributed by atoms with Crippen LogP contribution < -0.4 is 10.2 Å². The monoisotopic (exact) mass is 394 g/mol. The van der Waals surface area contributed by atoms with Crippen LogP contribution in [0.4, 0.5) is 10.5 Å². The van der Waals surface area contributed by atoms with E-state index in [4.69, 9.17) is 11.6 Å². The van der Waals surface area contributed by atoms with E-state index in [0.717, 1.165) is 38.2 Å². The minimum Gasteiger partial charge on any atom is -0.352 e. The molecule has 1 aromatic carbocycles. The molecule has 0 radical (unpaired) electrons. The highest BCUT2D eigenvalue weighted by atomic mass is 35.5. The molecule has 1 aliphatic heterocycles. The summed E-state index contributed by atoms with van der Waals surface area (Å²) in [5.41, 5.74) is 0.803.